The molecule has 82 valence electrons. The molecule has 0 aromatic heterocycles. The average molecular weight is 198 g/mol. The molecule has 1 amide bonds. The maximum Gasteiger partial charge on any atom is 0.222 e. The molecule has 1 fully saturated rings. The number of hydrogen-bond donors (Lipinski definition) is 1. The molecule has 0 bridgehead atoms. The van der Waals surface area contributed by atoms with Gasteiger partial charge in [0.05, 0.1) is 0 Å². The van der Waals surface area contributed by atoms with Crippen molar-refractivity contribution in [1.82, 2.24) is 4.90 Å². The number of nitrogens with two attached hydrogens (primary N) is 1. The first kappa shape index (κ1) is 11.5. The fourth-order valence-electron chi connectivity index (χ4n) is 2.08. The van der Waals surface area contributed by atoms with Crippen LogP contribution < -0.4 is 5.73 Å². The van der Waals surface area contributed by atoms with Crippen LogP contribution >= 0.6 is 0 Å². The van der Waals surface area contributed by atoms with Crippen molar-refractivity contribution in [3.8, 4) is 0 Å². The summed E-state index contributed by atoms with van der Waals surface area (Å²) in [5, 5.41) is 0. The Bertz CT molecular complexity index is 194. The first-order valence-corrected chi connectivity index (χ1v) is 5.68. The predicted octanol–water partition coefficient (Wildman–Crippen LogP) is 1.37. The third-order valence-corrected chi connectivity index (χ3v) is 3.10. The van der Waals surface area contributed by atoms with Gasteiger partial charge in [-0.2, -0.15) is 0 Å². The third kappa shape index (κ3) is 2.71. The van der Waals surface area contributed by atoms with E-state index in [9.17, 15) is 4.79 Å². The Morgan fingerprint density at radius 3 is 2.79 bits per heavy atom. The summed E-state index contributed by atoms with van der Waals surface area (Å²) in [6.07, 6.45) is 3.90. The van der Waals surface area contributed by atoms with Crippen molar-refractivity contribution in [3.05, 3.63) is 0 Å². The lowest BCUT2D eigenvalue weighted by Gasteiger charge is -2.37. The highest BCUT2D eigenvalue weighted by atomic mass is 16.2. The van der Waals surface area contributed by atoms with Gasteiger partial charge in [-0.3, -0.25) is 4.79 Å². The van der Waals surface area contributed by atoms with Gasteiger partial charge in [0.25, 0.3) is 0 Å². The Kier molecular flexibility index (Phi) is 4.39. The molecular weight excluding hydrogens is 176 g/mol. The molecule has 1 saturated heterocycles. The van der Waals surface area contributed by atoms with Gasteiger partial charge in [0, 0.05) is 19.0 Å². The molecule has 1 rings (SSSR count). The minimum absolute atomic E-state index is 0.304. The molecule has 0 radical (unpaired) electrons. The Balaban J connectivity index is 2.51. The summed E-state index contributed by atoms with van der Waals surface area (Å²) in [6, 6.07) is 0.414. The molecule has 1 aliphatic heterocycles. The van der Waals surface area contributed by atoms with E-state index in [1.807, 2.05) is 11.8 Å². The molecule has 0 aromatic rings. The van der Waals surface area contributed by atoms with Gasteiger partial charge in [0.1, 0.15) is 0 Å². The van der Waals surface area contributed by atoms with Gasteiger partial charge in [0.15, 0.2) is 0 Å². The Morgan fingerprint density at radius 2 is 2.21 bits per heavy atom. The van der Waals surface area contributed by atoms with Crippen LogP contribution in [0.15, 0.2) is 0 Å². The standard InChI is InChI=1S/C11H22N2O/c1-3-4-11(14)13-8-10(7-12)6-5-9(13)2/h9-10H,3-8,12H2,1-2H3. The fraction of sp³-hybridized carbons (Fsp3) is 0.909. The van der Waals surface area contributed by atoms with Crippen molar-refractivity contribution in [2.75, 3.05) is 13.1 Å². The molecule has 2 unspecified atom stereocenters. The van der Waals surface area contributed by atoms with E-state index in [1.165, 1.54) is 6.42 Å². The molecule has 3 nitrogen and oxygen atoms in total. The molecule has 3 heteroatoms. The van der Waals surface area contributed by atoms with E-state index >= 15 is 0 Å². The summed E-state index contributed by atoms with van der Waals surface area (Å²) in [5.74, 6) is 0.824. The molecule has 0 aliphatic carbocycles. The predicted molar refractivity (Wildman–Crippen MR) is 57.9 cm³/mol. The lowest BCUT2D eigenvalue weighted by atomic mass is 9.93. The van der Waals surface area contributed by atoms with E-state index in [1.54, 1.807) is 0 Å². The van der Waals surface area contributed by atoms with Crippen molar-refractivity contribution in [2.24, 2.45) is 11.7 Å². The second-order valence-corrected chi connectivity index (χ2v) is 4.32. The van der Waals surface area contributed by atoms with Crippen LogP contribution in [0.4, 0.5) is 0 Å². The number of nitrogens with zero attached hydrogens (tertiary/aromatic N) is 1. The van der Waals surface area contributed by atoms with Crippen molar-refractivity contribution in [3.63, 3.8) is 0 Å². The van der Waals surface area contributed by atoms with Crippen LogP contribution in [0, 0.1) is 5.92 Å². The molecule has 2 atom stereocenters. The minimum Gasteiger partial charge on any atom is -0.340 e. The Morgan fingerprint density at radius 1 is 1.50 bits per heavy atom. The van der Waals surface area contributed by atoms with Crippen LogP contribution in [0.2, 0.25) is 0 Å². The van der Waals surface area contributed by atoms with Crippen molar-refractivity contribution in [1.29, 1.82) is 0 Å². The first-order chi connectivity index (χ1) is 6.69. The highest BCUT2D eigenvalue weighted by Gasteiger charge is 2.27. The topological polar surface area (TPSA) is 46.3 Å². The van der Waals surface area contributed by atoms with Gasteiger partial charge in [-0.05, 0) is 38.6 Å². The van der Waals surface area contributed by atoms with Crippen LogP contribution in [0.1, 0.15) is 39.5 Å². The molecule has 1 aliphatic rings. The molecule has 1 heterocycles. The van der Waals surface area contributed by atoms with Gasteiger partial charge in [-0.15, -0.1) is 0 Å². The first-order valence-electron chi connectivity index (χ1n) is 5.68. The van der Waals surface area contributed by atoms with E-state index < -0.39 is 0 Å². The maximum absolute atomic E-state index is 11.8. The summed E-state index contributed by atoms with van der Waals surface area (Å²) in [4.78, 5) is 13.8. The number of likely N-dealkylation sites (tertiary alicyclic amines) is 1. The highest BCUT2D eigenvalue weighted by Crippen LogP contribution is 2.21. The Labute approximate surface area is 86.6 Å². The SMILES string of the molecule is CCCC(=O)N1CC(CN)CCC1C. The van der Waals surface area contributed by atoms with Crippen LogP contribution in [0.25, 0.3) is 0 Å². The minimum atomic E-state index is 0.304. The largest absolute Gasteiger partial charge is 0.340 e. The highest BCUT2D eigenvalue weighted by molar-refractivity contribution is 5.76. The van der Waals surface area contributed by atoms with Gasteiger partial charge in [0.2, 0.25) is 5.91 Å². The second-order valence-electron chi connectivity index (χ2n) is 4.32. The Hall–Kier alpha value is -0.570. The van der Waals surface area contributed by atoms with Crippen molar-refractivity contribution in [2.45, 2.75) is 45.6 Å². The maximum atomic E-state index is 11.8. The summed E-state index contributed by atoms with van der Waals surface area (Å²) < 4.78 is 0. The summed E-state index contributed by atoms with van der Waals surface area (Å²) in [7, 11) is 0. The van der Waals surface area contributed by atoms with Gasteiger partial charge in [-0.1, -0.05) is 6.92 Å². The second kappa shape index (κ2) is 5.35. The summed E-state index contributed by atoms with van der Waals surface area (Å²) >= 11 is 0. The quantitative estimate of drug-likeness (QED) is 0.744. The van der Waals surface area contributed by atoms with E-state index in [0.717, 1.165) is 19.4 Å². The normalized spacial score (nSPS) is 27.8. The van der Waals surface area contributed by atoms with E-state index in [4.69, 9.17) is 5.73 Å². The van der Waals surface area contributed by atoms with Gasteiger partial charge >= 0.3 is 0 Å². The van der Waals surface area contributed by atoms with Crippen molar-refractivity contribution < 1.29 is 4.79 Å². The molecule has 0 saturated carbocycles. The van der Waals surface area contributed by atoms with Crippen molar-refractivity contribution >= 4 is 5.91 Å². The average Bonchev–Trinajstić information content (AvgIpc) is 2.19. The number of rotatable bonds is 3. The number of hydrogen-bond acceptors (Lipinski definition) is 2. The molecule has 0 aromatic carbocycles. The van der Waals surface area contributed by atoms with Crippen LogP contribution in [-0.4, -0.2) is 29.9 Å². The number of carbonyl (C=O) groups excluding carboxylic acids is 1. The number of carbonyl (C=O) groups is 1. The fourth-order valence-corrected chi connectivity index (χ4v) is 2.08. The zero-order valence-corrected chi connectivity index (χ0v) is 9.33. The van der Waals surface area contributed by atoms with E-state index in [2.05, 4.69) is 6.92 Å². The molecule has 14 heavy (non-hydrogen) atoms. The van der Waals surface area contributed by atoms with Gasteiger partial charge in [-0.25, -0.2) is 0 Å². The van der Waals surface area contributed by atoms with E-state index in [0.29, 0.717) is 30.8 Å². The van der Waals surface area contributed by atoms with Gasteiger partial charge < -0.3 is 10.6 Å². The van der Waals surface area contributed by atoms with Crippen LogP contribution in [-0.2, 0) is 4.79 Å². The lowest BCUT2D eigenvalue weighted by Crippen LogP contribution is -2.47. The zero-order chi connectivity index (χ0) is 10.6. The van der Waals surface area contributed by atoms with E-state index in [-0.39, 0.29) is 0 Å². The molecule has 0 spiro atoms. The monoisotopic (exact) mass is 198 g/mol. The summed E-state index contributed by atoms with van der Waals surface area (Å²) in [5.41, 5.74) is 5.65. The number of piperidine rings is 1. The smallest absolute Gasteiger partial charge is 0.222 e. The van der Waals surface area contributed by atoms with Crippen LogP contribution in [0.3, 0.4) is 0 Å². The van der Waals surface area contributed by atoms with Crippen LogP contribution in [0.5, 0.6) is 0 Å². The number of amides is 1. The summed E-state index contributed by atoms with van der Waals surface area (Å²) in [6.45, 7) is 5.77. The molecular formula is C11H22N2O. The molecule has 2 N–H and O–H groups in total. The lowest BCUT2D eigenvalue weighted by molar-refractivity contribution is -0.135. The zero-order valence-electron chi connectivity index (χ0n) is 9.33. The third-order valence-electron chi connectivity index (χ3n) is 3.10.